The molecule has 0 radical (unpaired) electrons. The van der Waals surface area contributed by atoms with Crippen LogP contribution in [-0.4, -0.2) is 36.4 Å². The number of piperidine rings is 1. The molecule has 3 aromatic heterocycles. The highest BCUT2D eigenvalue weighted by molar-refractivity contribution is 5.52. The van der Waals surface area contributed by atoms with Crippen LogP contribution in [0.25, 0.3) is 0 Å². The first kappa shape index (κ1) is 17.6. The molecule has 27 heavy (non-hydrogen) atoms. The van der Waals surface area contributed by atoms with E-state index in [1.165, 1.54) is 12.8 Å². The molecule has 0 saturated carbocycles. The molecular formula is C20H25N7. The van der Waals surface area contributed by atoms with Gasteiger partial charge in [0, 0.05) is 30.2 Å². The van der Waals surface area contributed by atoms with E-state index in [-0.39, 0.29) is 6.04 Å². The summed E-state index contributed by atoms with van der Waals surface area (Å²) in [4.78, 5) is 23.7. The van der Waals surface area contributed by atoms with Gasteiger partial charge in [0.05, 0.1) is 18.1 Å². The average Bonchev–Trinajstić information content (AvgIpc) is 3.15. The van der Waals surface area contributed by atoms with Crippen LogP contribution in [0.2, 0.25) is 0 Å². The molecule has 0 aliphatic carbocycles. The smallest absolute Gasteiger partial charge is 0.135 e. The Bertz CT molecular complexity index is 891. The van der Waals surface area contributed by atoms with Crippen molar-refractivity contribution < 1.29 is 0 Å². The molecule has 7 nitrogen and oxygen atoms in total. The minimum absolute atomic E-state index is 0.287. The maximum absolute atomic E-state index is 4.76. The Labute approximate surface area is 159 Å². The van der Waals surface area contributed by atoms with E-state index < -0.39 is 0 Å². The van der Waals surface area contributed by atoms with E-state index in [1.54, 1.807) is 6.33 Å². The van der Waals surface area contributed by atoms with Gasteiger partial charge in [-0.05, 0) is 45.4 Å². The molecule has 0 unspecified atom stereocenters. The van der Waals surface area contributed by atoms with E-state index in [0.717, 1.165) is 54.1 Å². The van der Waals surface area contributed by atoms with Crippen LogP contribution in [0.1, 0.15) is 48.2 Å². The van der Waals surface area contributed by atoms with Gasteiger partial charge in [-0.1, -0.05) is 12.5 Å². The number of nitrogens with zero attached hydrogens (tertiary/aromatic N) is 5. The fourth-order valence-electron chi connectivity index (χ4n) is 3.67. The molecule has 2 N–H and O–H groups in total. The number of aromatic nitrogens is 5. The van der Waals surface area contributed by atoms with Gasteiger partial charge >= 0.3 is 0 Å². The van der Waals surface area contributed by atoms with Gasteiger partial charge in [0.25, 0.3) is 0 Å². The molecule has 1 saturated heterocycles. The van der Waals surface area contributed by atoms with Crippen molar-refractivity contribution in [3.63, 3.8) is 0 Å². The zero-order valence-corrected chi connectivity index (χ0v) is 15.8. The summed E-state index contributed by atoms with van der Waals surface area (Å²) in [5.41, 5.74) is 3.18. The molecule has 3 aromatic rings. The van der Waals surface area contributed by atoms with Crippen LogP contribution in [-0.2, 0) is 6.54 Å². The summed E-state index contributed by atoms with van der Waals surface area (Å²) in [5.74, 6) is 2.37. The van der Waals surface area contributed by atoms with Crippen LogP contribution in [0.5, 0.6) is 0 Å². The summed E-state index contributed by atoms with van der Waals surface area (Å²) in [5, 5.41) is 3.33. The minimum atomic E-state index is 0.287. The number of rotatable bonds is 5. The number of hydrogen-bond acceptors (Lipinski definition) is 6. The Morgan fingerprint density at radius 2 is 2.07 bits per heavy atom. The van der Waals surface area contributed by atoms with Crippen molar-refractivity contribution in [2.45, 2.75) is 45.7 Å². The van der Waals surface area contributed by atoms with Crippen molar-refractivity contribution in [2.75, 3.05) is 11.9 Å². The maximum Gasteiger partial charge on any atom is 0.135 e. The second-order valence-corrected chi connectivity index (χ2v) is 7.07. The van der Waals surface area contributed by atoms with E-state index in [1.807, 2.05) is 38.2 Å². The first-order valence-electron chi connectivity index (χ1n) is 9.45. The third kappa shape index (κ3) is 4.31. The van der Waals surface area contributed by atoms with Crippen LogP contribution in [0.15, 0.2) is 36.8 Å². The number of imidazole rings is 1. The number of aromatic amines is 1. The number of H-pyrrole nitrogens is 1. The van der Waals surface area contributed by atoms with Gasteiger partial charge < -0.3 is 10.3 Å². The quantitative estimate of drug-likeness (QED) is 0.719. The van der Waals surface area contributed by atoms with E-state index in [9.17, 15) is 0 Å². The zero-order chi connectivity index (χ0) is 18.6. The summed E-state index contributed by atoms with van der Waals surface area (Å²) in [7, 11) is 0. The molecule has 7 heteroatoms. The van der Waals surface area contributed by atoms with Crippen LogP contribution in [0.4, 0.5) is 11.6 Å². The second kappa shape index (κ2) is 7.84. The summed E-state index contributed by atoms with van der Waals surface area (Å²) >= 11 is 0. The van der Waals surface area contributed by atoms with Crippen LogP contribution in [0, 0.1) is 13.8 Å². The molecule has 4 heterocycles. The van der Waals surface area contributed by atoms with E-state index in [4.69, 9.17) is 4.98 Å². The number of anilines is 2. The Balaban J connectivity index is 1.58. The predicted molar refractivity (Wildman–Crippen MR) is 105 cm³/mol. The summed E-state index contributed by atoms with van der Waals surface area (Å²) in [6.07, 6.45) is 7.17. The highest BCUT2D eigenvalue weighted by atomic mass is 15.2. The highest BCUT2D eigenvalue weighted by Gasteiger charge is 2.26. The monoisotopic (exact) mass is 363 g/mol. The lowest BCUT2D eigenvalue weighted by molar-refractivity contribution is 0.135. The molecule has 0 bridgehead atoms. The van der Waals surface area contributed by atoms with Crippen molar-refractivity contribution in [2.24, 2.45) is 0 Å². The Morgan fingerprint density at radius 3 is 2.89 bits per heavy atom. The Hall–Kier alpha value is -2.80. The fraction of sp³-hybridized carbons (Fsp3) is 0.400. The van der Waals surface area contributed by atoms with Gasteiger partial charge in [0.1, 0.15) is 17.5 Å². The van der Waals surface area contributed by atoms with Gasteiger partial charge in [0.15, 0.2) is 0 Å². The molecule has 0 aromatic carbocycles. The normalized spacial score (nSPS) is 17.8. The Kier molecular flexibility index (Phi) is 5.11. The first-order chi connectivity index (χ1) is 13.2. The molecule has 140 valence electrons. The average molecular weight is 363 g/mol. The number of nitrogens with one attached hydrogen (secondary N) is 2. The molecule has 1 fully saturated rings. The third-order valence-corrected chi connectivity index (χ3v) is 4.89. The fourth-order valence-corrected chi connectivity index (χ4v) is 3.67. The predicted octanol–water partition coefficient (Wildman–Crippen LogP) is 3.68. The largest absolute Gasteiger partial charge is 0.347 e. The second-order valence-electron chi connectivity index (χ2n) is 7.07. The van der Waals surface area contributed by atoms with Gasteiger partial charge in [-0.15, -0.1) is 0 Å². The van der Waals surface area contributed by atoms with Crippen LogP contribution in [0.3, 0.4) is 0 Å². The lowest BCUT2D eigenvalue weighted by Crippen LogP contribution is -2.33. The lowest BCUT2D eigenvalue weighted by atomic mass is 9.98. The summed E-state index contributed by atoms with van der Waals surface area (Å²) < 4.78 is 0. The minimum Gasteiger partial charge on any atom is -0.347 e. The van der Waals surface area contributed by atoms with Crippen LogP contribution >= 0.6 is 0 Å². The molecule has 0 amide bonds. The molecule has 1 aliphatic heterocycles. The molecular weight excluding hydrogens is 338 g/mol. The standard InChI is InChI=1S/C20H25N7/c1-14-6-5-8-19(23-14)26-20-10-17(24-15(2)25-20)18-7-3-4-9-27(18)12-16-11-21-13-22-16/h5-6,8,10-11,13,18H,3-4,7,9,12H2,1-2H3,(H,21,22)(H,23,24,25,26)/t18-/m0/s1. The highest BCUT2D eigenvalue weighted by Crippen LogP contribution is 2.32. The first-order valence-corrected chi connectivity index (χ1v) is 9.45. The molecule has 1 atom stereocenters. The number of hydrogen-bond donors (Lipinski definition) is 2. The topological polar surface area (TPSA) is 82.6 Å². The van der Waals surface area contributed by atoms with E-state index in [0.29, 0.717) is 0 Å². The summed E-state index contributed by atoms with van der Waals surface area (Å²) in [6.45, 7) is 5.85. The number of likely N-dealkylation sites (tertiary alicyclic amines) is 1. The number of pyridine rings is 1. The van der Waals surface area contributed by atoms with E-state index in [2.05, 4.69) is 36.2 Å². The molecule has 4 rings (SSSR count). The third-order valence-electron chi connectivity index (χ3n) is 4.89. The van der Waals surface area contributed by atoms with Crippen LogP contribution < -0.4 is 5.32 Å². The van der Waals surface area contributed by atoms with Gasteiger partial charge in [0.2, 0.25) is 0 Å². The number of aryl methyl sites for hydroxylation is 2. The van der Waals surface area contributed by atoms with E-state index >= 15 is 0 Å². The van der Waals surface area contributed by atoms with Crippen molar-refractivity contribution in [1.29, 1.82) is 0 Å². The van der Waals surface area contributed by atoms with Gasteiger partial charge in [-0.2, -0.15) is 0 Å². The van der Waals surface area contributed by atoms with Gasteiger partial charge in [-0.25, -0.2) is 19.9 Å². The Morgan fingerprint density at radius 1 is 1.15 bits per heavy atom. The SMILES string of the molecule is Cc1cccc(Nc2cc([C@@H]3CCCCN3Cc3cnc[nH]3)nc(C)n2)n1. The summed E-state index contributed by atoms with van der Waals surface area (Å²) in [6, 6.07) is 8.28. The van der Waals surface area contributed by atoms with Crippen molar-refractivity contribution in [3.8, 4) is 0 Å². The zero-order valence-electron chi connectivity index (χ0n) is 15.8. The van der Waals surface area contributed by atoms with Crippen molar-refractivity contribution in [1.82, 2.24) is 29.8 Å². The van der Waals surface area contributed by atoms with Crippen molar-refractivity contribution in [3.05, 3.63) is 59.7 Å². The lowest BCUT2D eigenvalue weighted by Gasteiger charge is -2.35. The van der Waals surface area contributed by atoms with Crippen molar-refractivity contribution >= 4 is 11.6 Å². The van der Waals surface area contributed by atoms with Gasteiger partial charge in [-0.3, -0.25) is 4.90 Å². The molecule has 1 aliphatic rings. The molecule has 0 spiro atoms. The maximum atomic E-state index is 4.76.